The lowest BCUT2D eigenvalue weighted by atomic mass is 10.0. The predicted molar refractivity (Wildman–Crippen MR) is 97.0 cm³/mol. The Balaban J connectivity index is 1.86. The van der Waals surface area contributed by atoms with E-state index in [2.05, 4.69) is 4.98 Å². The van der Waals surface area contributed by atoms with Crippen molar-refractivity contribution in [2.45, 2.75) is 0 Å². The lowest BCUT2D eigenvalue weighted by Crippen LogP contribution is -2.02. The zero-order chi connectivity index (χ0) is 16.4. The lowest BCUT2D eigenvalue weighted by Gasteiger charge is -2.03. The summed E-state index contributed by atoms with van der Waals surface area (Å²) >= 11 is 1.57. The number of hydrogen-bond acceptors (Lipinski definition) is 4. The first-order valence-electron chi connectivity index (χ1n) is 7.52. The van der Waals surface area contributed by atoms with Crippen LogP contribution in [0.25, 0.3) is 22.7 Å². The van der Waals surface area contributed by atoms with E-state index in [0.717, 1.165) is 10.4 Å². The van der Waals surface area contributed by atoms with Crippen LogP contribution in [0.4, 0.5) is 0 Å². The SMILES string of the molecule is O=C(C(=Cc1cccs1)c1nc2ccccc2o1)c1ccccc1. The number of oxazole rings is 1. The van der Waals surface area contributed by atoms with Gasteiger partial charge in [-0.3, -0.25) is 4.79 Å². The van der Waals surface area contributed by atoms with Crippen LogP contribution in [0.15, 0.2) is 76.5 Å². The number of benzene rings is 2. The number of nitrogens with zero attached hydrogens (tertiary/aromatic N) is 1. The number of ketones is 1. The van der Waals surface area contributed by atoms with Crippen molar-refractivity contribution >= 4 is 39.9 Å². The molecule has 2 aromatic heterocycles. The summed E-state index contributed by atoms with van der Waals surface area (Å²) < 4.78 is 5.83. The number of Topliss-reactive ketones (excluding diaryl/α,β-unsaturated/α-hetero) is 1. The van der Waals surface area contributed by atoms with Gasteiger partial charge in [0.15, 0.2) is 11.4 Å². The minimum absolute atomic E-state index is 0.101. The van der Waals surface area contributed by atoms with E-state index in [1.165, 1.54) is 0 Å². The molecule has 3 nitrogen and oxygen atoms in total. The second-order valence-corrected chi connectivity index (χ2v) is 6.23. The van der Waals surface area contributed by atoms with E-state index in [1.807, 2.05) is 66.1 Å². The first-order valence-corrected chi connectivity index (χ1v) is 8.40. The molecule has 0 bridgehead atoms. The number of thiophene rings is 1. The number of para-hydroxylation sites is 2. The van der Waals surface area contributed by atoms with Gasteiger partial charge in [-0.05, 0) is 29.7 Å². The number of carbonyl (C=O) groups is 1. The van der Waals surface area contributed by atoms with E-state index in [0.29, 0.717) is 22.6 Å². The summed E-state index contributed by atoms with van der Waals surface area (Å²) in [6.45, 7) is 0. The third-order valence-corrected chi connectivity index (χ3v) is 4.45. The summed E-state index contributed by atoms with van der Waals surface area (Å²) in [6.07, 6.45) is 1.84. The molecular formula is C20H13NO2S. The minimum Gasteiger partial charge on any atom is -0.436 e. The summed E-state index contributed by atoms with van der Waals surface area (Å²) in [6, 6.07) is 20.6. The van der Waals surface area contributed by atoms with Crippen molar-refractivity contribution in [2.24, 2.45) is 0 Å². The monoisotopic (exact) mass is 331 g/mol. The molecule has 4 rings (SSSR count). The summed E-state index contributed by atoms with van der Waals surface area (Å²) in [7, 11) is 0. The molecule has 0 N–H and O–H groups in total. The molecule has 0 aliphatic rings. The molecule has 0 fully saturated rings. The van der Waals surface area contributed by atoms with Gasteiger partial charge in [-0.15, -0.1) is 11.3 Å². The van der Waals surface area contributed by atoms with Crippen LogP contribution in [-0.2, 0) is 0 Å². The van der Waals surface area contributed by atoms with Gasteiger partial charge in [-0.2, -0.15) is 0 Å². The van der Waals surface area contributed by atoms with Crippen molar-refractivity contribution in [1.29, 1.82) is 0 Å². The van der Waals surface area contributed by atoms with Crippen molar-refractivity contribution in [2.75, 3.05) is 0 Å². The number of allylic oxidation sites excluding steroid dienone is 1. The number of fused-ring (bicyclic) bond motifs is 1. The molecule has 0 saturated carbocycles. The van der Waals surface area contributed by atoms with Gasteiger partial charge in [0.2, 0.25) is 5.89 Å². The van der Waals surface area contributed by atoms with Crippen LogP contribution in [0.2, 0.25) is 0 Å². The molecule has 0 spiro atoms. The Labute approximate surface area is 142 Å². The number of aromatic nitrogens is 1. The second-order valence-electron chi connectivity index (χ2n) is 5.26. The Morgan fingerprint density at radius 1 is 0.958 bits per heavy atom. The maximum absolute atomic E-state index is 13.0. The van der Waals surface area contributed by atoms with Crippen molar-refractivity contribution in [3.63, 3.8) is 0 Å². The highest BCUT2D eigenvalue weighted by atomic mass is 32.1. The molecular weight excluding hydrogens is 318 g/mol. The predicted octanol–water partition coefficient (Wildman–Crippen LogP) is 5.31. The number of hydrogen-bond donors (Lipinski definition) is 0. The summed E-state index contributed by atoms with van der Waals surface area (Å²) in [4.78, 5) is 18.5. The van der Waals surface area contributed by atoms with Crippen LogP contribution in [-0.4, -0.2) is 10.8 Å². The maximum atomic E-state index is 13.0. The largest absolute Gasteiger partial charge is 0.436 e. The molecule has 0 aliphatic carbocycles. The average molecular weight is 331 g/mol. The Morgan fingerprint density at radius 3 is 2.50 bits per heavy atom. The molecule has 0 amide bonds. The highest BCUT2D eigenvalue weighted by Crippen LogP contribution is 2.27. The van der Waals surface area contributed by atoms with Gasteiger partial charge in [-0.1, -0.05) is 48.5 Å². The van der Waals surface area contributed by atoms with Crippen LogP contribution in [0.1, 0.15) is 21.1 Å². The summed E-state index contributed by atoms with van der Waals surface area (Å²) in [5.41, 5.74) is 2.48. The van der Waals surface area contributed by atoms with Crippen LogP contribution < -0.4 is 0 Å². The van der Waals surface area contributed by atoms with Gasteiger partial charge in [0.1, 0.15) is 5.52 Å². The van der Waals surface area contributed by atoms with E-state index in [4.69, 9.17) is 4.42 Å². The first-order chi connectivity index (χ1) is 11.8. The van der Waals surface area contributed by atoms with Gasteiger partial charge >= 0.3 is 0 Å². The average Bonchev–Trinajstić information content (AvgIpc) is 3.29. The van der Waals surface area contributed by atoms with Gasteiger partial charge in [0.05, 0.1) is 5.57 Å². The molecule has 24 heavy (non-hydrogen) atoms. The van der Waals surface area contributed by atoms with Gasteiger partial charge in [0, 0.05) is 10.4 Å². The third kappa shape index (κ3) is 2.79. The Kier molecular flexibility index (Phi) is 3.81. The van der Waals surface area contributed by atoms with Crippen molar-refractivity contribution in [3.05, 3.63) is 88.4 Å². The quantitative estimate of drug-likeness (QED) is 0.376. The summed E-state index contributed by atoms with van der Waals surface area (Å²) in [5, 5.41) is 1.97. The molecule has 0 aliphatic heterocycles. The normalized spacial score (nSPS) is 11.8. The van der Waals surface area contributed by atoms with Gasteiger partial charge in [0.25, 0.3) is 0 Å². The number of carbonyl (C=O) groups excluding carboxylic acids is 1. The smallest absolute Gasteiger partial charge is 0.231 e. The van der Waals surface area contributed by atoms with E-state index >= 15 is 0 Å². The second kappa shape index (κ2) is 6.26. The van der Waals surface area contributed by atoms with E-state index in [9.17, 15) is 4.79 Å². The topological polar surface area (TPSA) is 43.1 Å². The molecule has 0 unspecified atom stereocenters. The molecule has 0 saturated heterocycles. The zero-order valence-electron chi connectivity index (χ0n) is 12.7. The molecule has 0 atom stereocenters. The summed E-state index contributed by atoms with van der Waals surface area (Å²) in [5.74, 6) is 0.244. The Hall–Kier alpha value is -2.98. The Morgan fingerprint density at radius 2 is 1.75 bits per heavy atom. The van der Waals surface area contributed by atoms with E-state index in [-0.39, 0.29) is 5.78 Å². The first kappa shape index (κ1) is 14.6. The lowest BCUT2D eigenvalue weighted by molar-refractivity contribution is 0.105. The highest BCUT2D eigenvalue weighted by molar-refractivity contribution is 7.11. The Bertz CT molecular complexity index is 981. The van der Waals surface area contributed by atoms with Crippen molar-refractivity contribution < 1.29 is 9.21 Å². The molecule has 4 heteroatoms. The molecule has 4 aromatic rings. The van der Waals surface area contributed by atoms with E-state index < -0.39 is 0 Å². The fraction of sp³-hybridized carbons (Fsp3) is 0. The minimum atomic E-state index is -0.101. The van der Waals surface area contributed by atoms with E-state index in [1.54, 1.807) is 23.5 Å². The van der Waals surface area contributed by atoms with Crippen LogP contribution in [0.5, 0.6) is 0 Å². The maximum Gasteiger partial charge on any atom is 0.231 e. The number of rotatable bonds is 4. The molecule has 0 radical (unpaired) electrons. The molecule has 2 heterocycles. The van der Waals surface area contributed by atoms with Crippen molar-refractivity contribution in [3.8, 4) is 0 Å². The van der Waals surface area contributed by atoms with Crippen LogP contribution in [0.3, 0.4) is 0 Å². The van der Waals surface area contributed by atoms with Crippen LogP contribution in [0, 0.1) is 0 Å². The molecule has 2 aromatic carbocycles. The highest BCUT2D eigenvalue weighted by Gasteiger charge is 2.20. The van der Waals surface area contributed by atoms with Gasteiger partial charge < -0.3 is 4.42 Å². The van der Waals surface area contributed by atoms with Gasteiger partial charge in [-0.25, -0.2) is 4.98 Å². The fourth-order valence-corrected chi connectivity index (χ4v) is 3.13. The third-order valence-electron chi connectivity index (χ3n) is 3.63. The zero-order valence-corrected chi connectivity index (χ0v) is 13.5. The van der Waals surface area contributed by atoms with Crippen LogP contribution >= 0.6 is 11.3 Å². The fourth-order valence-electron chi connectivity index (χ4n) is 2.47. The standard InChI is InChI=1S/C20H13NO2S/c22-19(14-7-2-1-3-8-14)16(13-15-9-6-12-24-15)20-21-17-10-4-5-11-18(17)23-20/h1-13H. The molecule has 116 valence electrons. The van der Waals surface area contributed by atoms with Crippen molar-refractivity contribution in [1.82, 2.24) is 4.98 Å².